The Morgan fingerprint density at radius 2 is 1.26 bits per heavy atom. The number of methoxy groups -OCH3 is 1. The van der Waals surface area contributed by atoms with Gasteiger partial charge < -0.3 is 4.74 Å². The standard InChI is InChI=1S/C28H23NO4S/c1-33-25-19-17-24(18-20-25)29(34(31,32)26-15-9-4-10-16-26)28(30)27(23-13-7-3-8-14-23)21-22-11-5-2-6-12-22/h2-21H,1H3/b27-21+. The first-order valence-corrected chi connectivity index (χ1v) is 12.1. The second-order valence-electron chi connectivity index (χ2n) is 7.42. The fourth-order valence-electron chi connectivity index (χ4n) is 3.49. The van der Waals surface area contributed by atoms with Gasteiger partial charge in [0.25, 0.3) is 15.9 Å². The van der Waals surface area contributed by atoms with E-state index in [1.54, 1.807) is 60.7 Å². The van der Waals surface area contributed by atoms with Crippen molar-refractivity contribution in [3.63, 3.8) is 0 Å². The van der Waals surface area contributed by atoms with E-state index in [0.29, 0.717) is 11.3 Å². The van der Waals surface area contributed by atoms with E-state index in [9.17, 15) is 13.2 Å². The van der Waals surface area contributed by atoms with E-state index in [1.165, 1.54) is 19.2 Å². The van der Waals surface area contributed by atoms with E-state index in [0.717, 1.165) is 9.87 Å². The molecular weight excluding hydrogens is 446 g/mol. The van der Waals surface area contributed by atoms with Crippen molar-refractivity contribution in [1.82, 2.24) is 0 Å². The maximum Gasteiger partial charge on any atom is 0.272 e. The minimum absolute atomic E-state index is 0.0197. The number of rotatable bonds is 7. The van der Waals surface area contributed by atoms with Gasteiger partial charge in [0.2, 0.25) is 0 Å². The zero-order valence-electron chi connectivity index (χ0n) is 18.5. The van der Waals surface area contributed by atoms with Crippen molar-refractivity contribution in [1.29, 1.82) is 0 Å². The summed E-state index contributed by atoms with van der Waals surface area (Å²) in [4.78, 5) is 14.1. The molecule has 6 heteroatoms. The van der Waals surface area contributed by atoms with E-state index in [-0.39, 0.29) is 16.2 Å². The van der Waals surface area contributed by atoms with Gasteiger partial charge in [-0.15, -0.1) is 0 Å². The van der Waals surface area contributed by atoms with Crippen LogP contribution in [-0.2, 0) is 14.8 Å². The Balaban J connectivity index is 1.91. The Hall–Kier alpha value is -4.16. The number of nitrogens with zero attached hydrogens (tertiary/aromatic N) is 1. The second kappa shape index (κ2) is 10.2. The Morgan fingerprint density at radius 1 is 0.735 bits per heavy atom. The SMILES string of the molecule is COc1ccc(N(C(=O)/C(=C/c2ccccc2)c2ccccc2)S(=O)(=O)c2ccccc2)cc1. The van der Waals surface area contributed by atoms with Gasteiger partial charge in [0.1, 0.15) is 5.75 Å². The lowest BCUT2D eigenvalue weighted by molar-refractivity contribution is -0.112. The second-order valence-corrected chi connectivity index (χ2v) is 9.21. The van der Waals surface area contributed by atoms with Gasteiger partial charge in [-0.05, 0) is 53.6 Å². The highest BCUT2D eigenvalue weighted by Crippen LogP contribution is 2.31. The van der Waals surface area contributed by atoms with Gasteiger partial charge in [-0.1, -0.05) is 78.9 Å². The van der Waals surface area contributed by atoms with Gasteiger partial charge in [-0.3, -0.25) is 4.79 Å². The first-order valence-electron chi connectivity index (χ1n) is 10.6. The summed E-state index contributed by atoms with van der Waals surface area (Å²) in [6, 6.07) is 32.7. The molecule has 0 aliphatic carbocycles. The molecule has 5 nitrogen and oxygen atoms in total. The number of amides is 1. The van der Waals surface area contributed by atoms with Crippen molar-refractivity contribution < 1.29 is 17.9 Å². The van der Waals surface area contributed by atoms with Crippen LogP contribution in [0.2, 0.25) is 0 Å². The largest absolute Gasteiger partial charge is 0.497 e. The van der Waals surface area contributed by atoms with Crippen LogP contribution >= 0.6 is 0 Å². The Labute approximate surface area is 199 Å². The molecule has 0 saturated carbocycles. The van der Waals surface area contributed by atoms with E-state index in [1.807, 2.05) is 48.5 Å². The average Bonchev–Trinajstić information content (AvgIpc) is 2.89. The maximum absolute atomic E-state index is 14.1. The highest BCUT2D eigenvalue weighted by Gasteiger charge is 2.33. The van der Waals surface area contributed by atoms with E-state index >= 15 is 0 Å². The zero-order chi connectivity index (χ0) is 24.0. The first-order chi connectivity index (χ1) is 16.5. The predicted molar refractivity (Wildman–Crippen MR) is 135 cm³/mol. The van der Waals surface area contributed by atoms with Gasteiger partial charge in [0.15, 0.2) is 0 Å². The van der Waals surface area contributed by atoms with Crippen LogP contribution in [0.1, 0.15) is 11.1 Å². The van der Waals surface area contributed by atoms with Crippen molar-refractivity contribution in [3.8, 4) is 5.75 Å². The van der Waals surface area contributed by atoms with E-state index < -0.39 is 15.9 Å². The number of ether oxygens (including phenoxy) is 1. The number of benzene rings is 4. The number of carbonyl (C=O) groups excluding carboxylic acids is 1. The predicted octanol–water partition coefficient (Wildman–Crippen LogP) is 5.66. The lowest BCUT2D eigenvalue weighted by Gasteiger charge is -2.24. The molecule has 0 aliphatic heterocycles. The lowest BCUT2D eigenvalue weighted by atomic mass is 10.0. The minimum Gasteiger partial charge on any atom is -0.497 e. The summed E-state index contributed by atoms with van der Waals surface area (Å²) >= 11 is 0. The average molecular weight is 470 g/mol. The summed E-state index contributed by atoms with van der Waals surface area (Å²) in [6.45, 7) is 0. The molecule has 0 spiro atoms. The highest BCUT2D eigenvalue weighted by atomic mass is 32.2. The Morgan fingerprint density at radius 3 is 1.82 bits per heavy atom. The number of hydrogen-bond acceptors (Lipinski definition) is 4. The summed E-state index contributed by atoms with van der Waals surface area (Å²) in [6.07, 6.45) is 1.70. The molecule has 0 aliphatic rings. The van der Waals surface area contributed by atoms with Gasteiger partial charge in [0.05, 0.1) is 17.7 Å². The molecule has 4 aromatic rings. The smallest absolute Gasteiger partial charge is 0.272 e. The van der Waals surface area contributed by atoms with Crippen LogP contribution < -0.4 is 9.04 Å². The third-order valence-electron chi connectivity index (χ3n) is 5.20. The van der Waals surface area contributed by atoms with Gasteiger partial charge in [0, 0.05) is 5.57 Å². The third-order valence-corrected chi connectivity index (χ3v) is 6.92. The van der Waals surface area contributed by atoms with Crippen LogP contribution in [-0.4, -0.2) is 21.4 Å². The van der Waals surface area contributed by atoms with Crippen LogP contribution in [0.25, 0.3) is 11.6 Å². The van der Waals surface area contributed by atoms with E-state index in [2.05, 4.69) is 0 Å². The quantitative estimate of drug-likeness (QED) is 0.259. The van der Waals surface area contributed by atoms with Crippen molar-refractivity contribution in [2.75, 3.05) is 11.4 Å². The molecule has 4 aromatic carbocycles. The molecule has 1 amide bonds. The Kier molecular flexibility index (Phi) is 6.90. The van der Waals surface area contributed by atoms with Crippen molar-refractivity contribution >= 4 is 33.3 Å². The fraction of sp³-hybridized carbons (Fsp3) is 0.0357. The summed E-state index contributed by atoms with van der Waals surface area (Å²) < 4.78 is 33.6. The van der Waals surface area contributed by atoms with Crippen LogP contribution in [0.15, 0.2) is 120 Å². The molecule has 170 valence electrons. The molecule has 0 unspecified atom stereocenters. The third kappa shape index (κ3) is 4.92. The topological polar surface area (TPSA) is 63.7 Å². The van der Waals surface area contributed by atoms with Crippen molar-refractivity contribution in [2.24, 2.45) is 0 Å². The monoisotopic (exact) mass is 469 g/mol. The highest BCUT2D eigenvalue weighted by molar-refractivity contribution is 7.93. The van der Waals surface area contributed by atoms with Crippen molar-refractivity contribution in [2.45, 2.75) is 4.90 Å². The number of sulfonamides is 1. The van der Waals surface area contributed by atoms with Crippen molar-refractivity contribution in [3.05, 3.63) is 126 Å². The molecule has 34 heavy (non-hydrogen) atoms. The molecule has 0 aromatic heterocycles. The van der Waals surface area contributed by atoms with Crippen LogP contribution in [0.3, 0.4) is 0 Å². The molecule has 0 fully saturated rings. The molecule has 0 radical (unpaired) electrons. The normalized spacial score (nSPS) is 11.6. The molecule has 4 rings (SSSR count). The molecule has 0 bridgehead atoms. The van der Waals surface area contributed by atoms with Gasteiger partial charge in [-0.25, -0.2) is 8.42 Å². The fourth-order valence-corrected chi connectivity index (χ4v) is 4.92. The lowest BCUT2D eigenvalue weighted by Crippen LogP contribution is -2.37. The molecule has 0 atom stereocenters. The summed E-state index contributed by atoms with van der Waals surface area (Å²) in [5.41, 5.74) is 1.85. The molecule has 0 N–H and O–H groups in total. The zero-order valence-corrected chi connectivity index (χ0v) is 19.4. The number of hydrogen-bond donors (Lipinski definition) is 0. The van der Waals surface area contributed by atoms with Crippen LogP contribution in [0.4, 0.5) is 5.69 Å². The molecule has 0 heterocycles. The van der Waals surface area contributed by atoms with Gasteiger partial charge in [-0.2, -0.15) is 4.31 Å². The minimum atomic E-state index is -4.22. The molecular formula is C28H23NO4S. The Bertz CT molecular complexity index is 1380. The number of carbonyl (C=O) groups is 1. The number of anilines is 1. The van der Waals surface area contributed by atoms with Crippen LogP contribution in [0, 0.1) is 0 Å². The maximum atomic E-state index is 14.1. The summed E-state index contributed by atoms with van der Waals surface area (Å²) in [5, 5.41) is 0. The summed E-state index contributed by atoms with van der Waals surface area (Å²) in [5.74, 6) is -0.111. The summed E-state index contributed by atoms with van der Waals surface area (Å²) in [7, 11) is -2.69. The molecule has 0 saturated heterocycles. The van der Waals surface area contributed by atoms with Crippen LogP contribution in [0.5, 0.6) is 5.75 Å². The first kappa shape index (κ1) is 23.0. The van der Waals surface area contributed by atoms with Gasteiger partial charge >= 0.3 is 0 Å². The van der Waals surface area contributed by atoms with E-state index in [4.69, 9.17) is 4.74 Å².